The van der Waals surface area contributed by atoms with Gasteiger partial charge in [-0.1, -0.05) is 25.4 Å². The van der Waals surface area contributed by atoms with Gasteiger partial charge in [-0.05, 0) is 24.8 Å². The number of imidazole rings is 1. The SMILES string of the molecule is CC(C)(CCN)CCC(=O)Nc1nc(Cl)c2[nH]cnc2n1. The monoisotopic (exact) mass is 310 g/mol. The number of aromatic amines is 1. The number of halogens is 1. The van der Waals surface area contributed by atoms with Crippen molar-refractivity contribution in [2.45, 2.75) is 33.1 Å². The summed E-state index contributed by atoms with van der Waals surface area (Å²) in [4.78, 5) is 26.9. The van der Waals surface area contributed by atoms with Crippen molar-refractivity contribution in [1.82, 2.24) is 19.9 Å². The molecule has 0 spiro atoms. The average molecular weight is 311 g/mol. The molecule has 0 unspecified atom stereocenters. The van der Waals surface area contributed by atoms with Crippen molar-refractivity contribution >= 4 is 34.6 Å². The lowest BCUT2D eigenvalue weighted by atomic mass is 9.84. The number of nitrogens with one attached hydrogen (secondary N) is 2. The predicted octanol–water partition coefficient (Wildman–Crippen LogP) is 2.10. The van der Waals surface area contributed by atoms with Crippen LogP contribution in [0.25, 0.3) is 11.2 Å². The summed E-state index contributed by atoms with van der Waals surface area (Å²) < 4.78 is 0. The topological polar surface area (TPSA) is 110 Å². The molecule has 8 heteroatoms. The summed E-state index contributed by atoms with van der Waals surface area (Å²) in [7, 11) is 0. The van der Waals surface area contributed by atoms with E-state index < -0.39 is 0 Å². The van der Waals surface area contributed by atoms with Gasteiger partial charge in [0.15, 0.2) is 10.8 Å². The third kappa shape index (κ3) is 4.12. The van der Waals surface area contributed by atoms with E-state index in [0.717, 1.165) is 12.8 Å². The normalized spacial score (nSPS) is 11.8. The van der Waals surface area contributed by atoms with Crippen LogP contribution in [0.5, 0.6) is 0 Å². The second kappa shape index (κ2) is 6.36. The molecule has 0 aliphatic heterocycles. The fourth-order valence-corrected chi connectivity index (χ4v) is 2.23. The largest absolute Gasteiger partial charge is 0.341 e. The summed E-state index contributed by atoms with van der Waals surface area (Å²) in [6, 6.07) is 0. The van der Waals surface area contributed by atoms with E-state index in [1.165, 1.54) is 6.33 Å². The van der Waals surface area contributed by atoms with Crippen LogP contribution in [0.3, 0.4) is 0 Å². The summed E-state index contributed by atoms with van der Waals surface area (Å²) in [6.07, 6.45) is 3.48. The lowest BCUT2D eigenvalue weighted by Gasteiger charge is -2.23. The molecule has 4 N–H and O–H groups in total. The Hall–Kier alpha value is -1.73. The fraction of sp³-hybridized carbons (Fsp3) is 0.538. The Morgan fingerprint density at radius 1 is 1.43 bits per heavy atom. The zero-order valence-corrected chi connectivity index (χ0v) is 12.9. The summed E-state index contributed by atoms with van der Waals surface area (Å²) in [5.41, 5.74) is 6.58. The number of H-pyrrole nitrogens is 1. The number of anilines is 1. The third-order valence-electron chi connectivity index (χ3n) is 3.34. The lowest BCUT2D eigenvalue weighted by molar-refractivity contribution is -0.116. The Balaban J connectivity index is 1.98. The van der Waals surface area contributed by atoms with Crippen LogP contribution >= 0.6 is 11.6 Å². The van der Waals surface area contributed by atoms with Gasteiger partial charge in [-0.25, -0.2) is 4.98 Å². The Labute approximate surface area is 127 Å². The minimum absolute atomic E-state index is 0.0384. The number of nitrogens with two attached hydrogens (primary N) is 1. The molecule has 0 saturated heterocycles. The first-order chi connectivity index (χ1) is 9.91. The predicted molar refractivity (Wildman–Crippen MR) is 82.0 cm³/mol. The summed E-state index contributed by atoms with van der Waals surface area (Å²) in [5.74, 6) is 0.0206. The van der Waals surface area contributed by atoms with E-state index >= 15 is 0 Å². The molecule has 0 aliphatic carbocycles. The summed E-state index contributed by atoms with van der Waals surface area (Å²) in [5, 5.41) is 2.88. The van der Waals surface area contributed by atoms with E-state index in [4.69, 9.17) is 17.3 Å². The number of amides is 1. The van der Waals surface area contributed by atoms with Crippen molar-refractivity contribution in [2.24, 2.45) is 11.1 Å². The van der Waals surface area contributed by atoms with Gasteiger partial charge < -0.3 is 10.7 Å². The van der Waals surface area contributed by atoms with Crippen LogP contribution in [0.15, 0.2) is 6.33 Å². The number of hydrogen-bond donors (Lipinski definition) is 3. The molecule has 0 saturated carbocycles. The first kappa shape index (κ1) is 15.7. The van der Waals surface area contributed by atoms with E-state index in [9.17, 15) is 4.79 Å². The maximum Gasteiger partial charge on any atom is 0.233 e. The van der Waals surface area contributed by atoms with Crippen molar-refractivity contribution < 1.29 is 4.79 Å². The number of carbonyl (C=O) groups excluding carboxylic acids is 1. The van der Waals surface area contributed by atoms with Gasteiger partial charge in [0.1, 0.15) is 5.52 Å². The van der Waals surface area contributed by atoms with E-state index in [1.54, 1.807) is 0 Å². The molecule has 114 valence electrons. The molecule has 2 heterocycles. The quantitative estimate of drug-likeness (QED) is 0.708. The molecule has 1 amide bonds. The molecule has 0 bridgehead atoms. The van der Waals surface area contributed by atoms with Crippen LogP contribution in [0.4, 0.5) is 5.95 Å². The van der Waals surface area contributed by atoms with E-state index in [0.29, 0.717) is 24.1 Å². The van der Waals surface area contributed by atoms with Gasteiger partial charge in [0, 0.05) is 6.42 Å². The molecule has 2 rings (SSSR count). The number of nitrogens with zero attached hydrogens (tertiary/aromatic N) is 3. The first-order valence-corrected chi connectivity index (χ1v) is 7.15. The van der Waals surface area contributed by atoms with Gasteiger partial charge in [0.25, 0.3) is 0 Å². The Morgan fingerprint density at radius 3 is 2.90 bits per heavy atom. The molecule has 0 aromatic carbocycles. The molecule has 2 aromatic rings. The third-order valence-corrected chi connectivity index (χ3v) is 3.62. The Bertz CT molecular complexity index is 639. The first-order valence-electron chi connectivity index (χ1n) is 6.78. The zero-order chi connectivity index (χ0) is 15.5. The highest BCUT2D eigenvalue weighted by Gasteiger charge is 2.19. The van der Waals surface area contributed by atoms with Crippen LogP contribution in [-0.4, -0.2) is 32.4 Å². The highest BCUT2D eigenvalue weighted by Crippen LogP contribution is 2.26. The standard InChI is InChI=1S/C13H19ClN6O/c1-13(2,5-6-15)4-3-8(21)18-12-19-10(14)9-11(20-12)17-7-16-9/h7H,3-6,15H2,1-2H3,(H2,16,17,18,19,20,21). The van der Waals surface area contributed by atoms with Gasteiger partial charge in [0.2, 0.25) is 11.9 Å². The van der Waals surface area contributed by atoms with Gasteiger partial charge in [-0.3, -0.25) is 10.1 Å². The van der Waals surface area contributed by atoms with Crippen LogP contribution in [-0.2, 0) is 4.79 Å². The van der Waals surface area contributed by atoms with E-state index in [-0.39, 0.29) is 22.4 Å². The molecule has 0 atom stereocenters. The zero-order valence-electron chi connectivity index (χ0n) is 12.1. The number of fused-ring (bicyclic) bond motifs is 1. The second-order valence-corrected chi connectivity index (χ2v) is 6.05. The van der Waals surface area contributed by atoms with Gasteiger partial charge in [0.05, 0.1) is 6.33 Å². The minimum Gasteiger partial charge on any atom is -0.341 e. The molecule has 2 aromatic heterocycles. The molecule has 0 radical (unpaired) electrons. The van der Waals surface area contributed by atoms with Gasteiger partial charge in [-0.15, -0.1) is 0 Å². The Kier molecular flexibility index (Phi) is 4.74. The highest BCUT2D eigenvalue weighted by molar-refractivity contribution is 6.33. The van der Waals surface area contributed by atoms with Crippen LogP contribution < -0.4 is 11.1 Å². The van der Waals surface area contributed by atoms with Crippen LogP contribution in [0, 0.1) is 5.41 Å². The highest BCUT2D eigenvalue weighted by atomic mass is 35.5. The van der Waals surface area contributed by atoms with Gasteiger partial charge >= 0.3 is 0 Å². The molecular formula is C13H19ClN6O. The fourth-order valence-electron chi connectivity index (χ4n) is 2.01. The van der Waals surface area contributed by atoms with Crippen molar-refractivity contribution in [1.29, 1.82) is 0 Å². The maximum absolute atomic E-state index is 12.0. The van der Waals surface area contributed by atoms with Crippen molar-refractivity contribution in [3.05, 3.63) is 11.5 Å². The number of carbonyl (C=O) groups is 1. The van der Waals surface area contributed by atoms with Gasteiger partial charge in [-0.2, -0.15) is 9.97 Å². The maximum atomic E-state index is 12.0. The van der Waals surface area contributed by atoms with Crippen molar-refractivity contribution in [3.8, 4) is 0 Å². The Morgan fingerprint density at radius 2 is 2.19 bits per heavy atom. The molecule has 21 heavy (non-hydrogen) atoms. The summed E-state index contributed by atoms with van der Waals surface area (Å²) in [6.45, 7) is 4.80. The smallest absolute Gasteiger partial charge is 0.233 e. The molecule has 0 fully saturated rings. The molecule has 0 aliphatic rings. The second-order valence-electron chi connectivity index (χ2n) is 5.69. The lowest BCUT2D eigenvalue weighted by Crippen LogP contribution is -2.21. The van der Waals surface area contributed by atoms with E-state index in [2.05, 4.69) is 39.1 Å². The molecule has 7 nitrogen and oxygen atoms in total. The van der Waals surface area contributed by atoms with Crippen LogP contribution in [0.2, 0.25) is 5.15 Å². The number of hydrogen-bond acceptors (Lipinski definition) is 5. The minimum atomic E-state index is -0.147. The van der Waals surface area contributed by atoms with Crippen molar-refractivity contribution in [2.75, 3.05) is 11.9 Å². The number of rotatable bonds is 6. The van der Waals surface area contributed by atoms with Crippen LogP contribution in [0.1, 0.15) is 33.1 Å². The van der Waals surface area contributed by atoms with Crippen molar-refractivity contribution in [3.63, 3.8) is 0 Å². The van der Waals surface area contributed by atoms with E-state index in [1.807, 2.05) is 0 Å². The summed E-state index contributed by atoms with van der Waals surface area (Å²) >= 11 is 5.99. The number of aromatic nitrogens is 4. The molecular weight excluding hydrogens is 292 g/mol. The average Bonchev–Trinajstić information content (AvgIpc) is 2.85.